The van der Waals surface area contributed by atoms with E-state index in [2.05, 4.69) is 10.6 Å². The van der Waals surface area contributed by atoms with Crippen molar-refractivity contribution in [1.82, 2.24) is 5.32 Å². The number of thiophene rings is 1. The van der Waals surface area contributed by atoms with Crippen LogP contribution in [-0.4, -0.2) is 5.11 Å². The highest BCUT2D eigenvalue weighted by atomic mass is 32.1. The van der Waals surface area contributed by atoms with Crippen molar-refractivity contribution in [3.8, 4) is 0 Å². The molecule has 0 amide bonds. The second kappa shape index (κ2) is 6.23. The first kappa shape index (κ1) is 14.8. The smallest absolute Gasteiger partial charge is 0.358 e. The van der Waals surface area contributed by atoms with Crippen LogP contribution in [0.15, 0.2) is 41.8 Å². The highest BCUT2D eigenvalue weighted by Gasteiger charge is 2.29. The van der Waals surface area contributed by atoms with Gasteiger partial charge in [0.1, 0.15) is 0 Å². The van der Waals surface area contributed by atoms with Gasteiger partial charge in [0, 0.05) is 10.6 Å². The van der Waals surface area contributed by atoms with Gasteiger partial charge in [-0.1, -0.05) is 6.07 Å². The number of hydrogen-bond donors (Lipinski definition) is 2. The number of hydrogen-bond acceptors (Lipinski definition) is 2. The van der Waals surface area contributed by atoms with Crippen LogP contribution >= 0.6 is 23.6 Å². The maximum atomic E-state index is 12.4. The Labute approximate surface area is 123 Å². The molecule has 1 aromatic carbocycles. The van der Waals surface area contributed by atoms with Crippen LogP contribution in [0.4, 0.5) is 18.9 Å². The van der Waals surface area contributed by atoms with Gasteiger partial charge in [0.15, 0.2) is 5.11 Å². The summed E-state index contributed by atoms with van der Waals surface area (Å²) in [4.78, 5) is 1.13. The fourth-order valence-electron chi connectivity index (χ4n) is 1.50. The van der Waals surface area contributed by atoms with Crippen molar-refractivity contribution in [2.45, 2.75) is 12.7 Å². The minimum atomic E-state index is -4.32. The zero-order valence-electron chi connectivity index (χ0n) is 10.2. The average Bonchev–Trinajstić information content (AvgIpc) is 2.89. The van der Waals surface area contributed by atoms with Gasteiger partial charge in [0.25, 0.3) is 0 Å². The molecule has 1 heterocycles. The molecule has 0 atom stereocenters. The zero-order chi connectivity index (χ0) is 14.6. The molecule has 20 heavy (non-hydrogen) atoms. The zero-order valence-corrected chi connectivity index (χ0v) is 11.8. The lowest BCUT2D eigenvalue weighted by atomic mass is 10.2. The SMILES string of the molecule is FC(F)(F)c1ccc(NC(=S)NCc2cccs2)cc1. The molecule has 0 bridgehead atoms. The van der Waals surface area contributed by atoms with E-state index in [1.807, 2.05) is 17.5 Å². The molecule has 2 rings (SSSR count). The third-order valence-electron chi connectivity index (χ3n) is 2.47. The summed E-state index contributed by atoms with van der Waals surface area (Å²) in [5.41, 5.74) is -0.165. The third kappa shape index (κ3) is 4.21. The Morgan fingerprint density at radius 3 is 2.40 bits per heavy atom. The summed E-state index contributed by atoms with van der Waals surface area (Å²) in [5.74, 6) is 0. The number of nitrogens with one attached hydrogen (secondary N) is 2. The highest BCUT2D eigenvalue weighted by Crippen LogP contribution is 2.29. The molecule has 106 valence electrons. The van der Waals surface area contributed by atoms with Crippen molar-refractivity contribution in [1.29, 1.82) is 0 Å². The van der Waals surface area contributed by atoms with Crippen LogP contribution in [0.1, 0.15) is 10.4 Å². The minimum Gasteiger partial charge on any atom is -0.358 e. The number of rotatable bonds is 3. The van der Waals surface area contributed by atoms with E-state index in [0.717, 1.165) is 17.0 Å². The molecule has 0 aliphatic heterocycles. The van der Waals surface area contributed by atoms with E-state index in [0.29, 0.717) is 17.3 Å². The average molecular weight is 316 g/mol. The predicted molar refractivity (Wildman–Crippen MR) is 78.8 cm³/mol. The second-order valence-corrected chi connectivity index (χ2v) is 5.40. The number of benzene rings is 1. The standard InChI is InChI=1S/C13H11F3N2S2/c14-13(15,16)9-3-5-10(6-4-9)18-12(19)17-8-11-2-1-7-20-11/h1-7H,8H2,(H2,17,18,19). The fraction of sp³-hybridized carbons (Fsp3) is 0.154. The molecule has 0 spiro atoms. The Kier molecular flexibility index (Phi) is 4.61. The van der Waals surface area contributed by atoms with Crippen molar-refractivity contribution < 1.29 is 13.2 Å². The van der Waals surface area contributed by atoms with Gasteiger partial charge in [-0.2, -0.15) is 13.2 Å². The molecule has 1 aromatic heterocycles. The van der Waals surface area contributed by atoms with Crippen LogP contribution in [0.25, 0.3) is 0 Å². The van der Waals surface area contributed by atoms with Crippen molar-refractivity contribution in [3.05, 3.63) is 52.2 Å². The van der Waals surface area contributed by atoms with Gasteiger partial charge in [-0.3, -0.25) is 0 Å². The highest BCUT2D eigenvalue weighted by molar-refractivity contribution is 7.80. The molecule has 0 aliphatic rings. The molecule has 2 nitrogen and oxygen atoms in total. The largest absolute Gasteiger partial charge is 0.416 e. The molecular weight excluding hydrogens is 305 g/mol. The Hall–Kier alpha value is -1.60. The molecule has 0 aliphatic carbocycles. The van der Waals surface area contributed by atoms with E-state index in [-0.39, 0.29) is 0 Å². The quantitative estimate of drug-likeness (QED) is 0.828. The number of thiocarbonyl (C=S) groups is 1. The lowest BCUT2D eigenvalue weighted by Crippen LogP contribution is -2.27. The summed E-state index contributed by atoms with van der Waals surface area (Å²) in [5, 5.41) is 8.16. The first-order valence-corrected chi connectivity index (χ1v) is 6.98. The maximum Gasteiger partial charge on any atom is 0.416 e. The molecule has 2 aromatic rings. The Morgan fingerprint density at radius 2 is 1.85 bits per heavy atom. The van der Waals surface area contributed by atoms with Gasteiger partial charge in [0.2, 0.25) is 0 Å². The Morgan fingerprint density at radius 1 is 1.15 bits per heavy atom. The van der Waals surface area contributed by atoms with Crippen molar-refractivity contribution in [2.75, 3.05) is 5.32 Å². The van der Waals surface area contributed by atoms with Crippen LogP contribution < -0.4 is 10.6 Å². The summed E-state index contributed by atoms with van der Waals surface area (Å²) in [7, 11) is 0. The second-order valence-electron chi connectivity index (χ2n) is 3.96. The van der Waals surface area contributed by atoms with Crippen molar-refractivity contribution in [3.63, 3.8) is 0 Å². The molecule has 0 unspecified atom stereocenters. The first-order chi connectivity index (χ1) is 9.45. The van der Waals surface area contributed by atoms with Crippen molar-refractivity contribution >= 4 is 34.4 Å². The van der Waals surface area contributed by atoms with E-state index >= 15 is 0 Å². The van der Waals surface area contributed by atoms with Gasteiger partial charge in [0.05, 0.1) is 12.1 Å². The predicted octanol–water partition coefficient (Wildman–Crippen LogP) is 4.25. The van der Waals surface area contributed by atoms with E-state index in [1.54, 1.807) is 11.3 Å². The normalized spacial score (nSPS) is 11.2. The maximum absolute atomic E-state index is 12.4. The van der Waals surface area contributed by atoms with Crippen LogP contribution in [0.3, 0.4) is 0 Å². The Bertz CT molecular complexity index is 562. The van der Waals surface area contributed by atoms with Gasteiger partial charge >= 0.3 is 6.18 Å². The summed E-state index contributed by atoms with van der Waals surface area (Å²) in [6.07, 6.45) is -4.32. The minimum absolute atomic E-state index is 0.373. The van der Waals surface area contributed by atoms with Crippen LogP contribution in [0, 0.1) is 0 Å². The van der Waals surface area contributed by atoms with E-state index in [1.165, 1.54) is 12.1 Å². The topological polar surface area (TPSA) is 24.1 Å². The molecule has 0 saturated heterocycles. The number of halogens is 3. The number of anilines is 1. The summed E-state index contributed by atoms with van der Waals surface area (Å²) in [6.45, 7) is 0.587. The number of alkyl halides is 3. The summed E-state index contributed by atoms with van der Waals surface area (Å²) < 4.78 is 37.2. The van der Waals surface area contributed by atoms with Gasteiger partial charge in [-0.05, 0) is 47.9 Å². The molecule has 2 N–H and O–H groups in total. The van der Waals surface area contributed by atoms with Crippen LogP contribution in [-0.2, 0) is 12.7 Å². The fourth-order valence-corrected chi connectivity index (χ4v) is 2.33. The van der Waals surface area contributed by atoms with E-state index in [4.69, 9.17) is 12.2 Å². The lowest BCUT2D eigenvalue weighted by molar-refractivity contribution is -0.137. The molecule has 0 fully saturated rings. The monoisotopic (exact) mass is 316 g/mol. The first-order valence-electron chi connectivity index (χ1n) is 5.69. The van der Waals surface area contributed by atoms with Crippen LogP contribution in [0.5, 0.6) is 0 Å². The van der Waals surface area contributed by atoms with E-state index < -0.39 is 11.7 Å². The molecular formula is C13H11F3N2S2. The Balaban J connectivity index is 1.88. The van der Waals surface area contributed by atoms with Gasteiger partial charge in [-0.25, -0.2) is 0 Å². The molecule has 7 heteroatoms. The van der Waals surface area contributed by atoms with Crippen LogP contribution in [0.2, 0.25) is 0 Å². The molecule has 0 radical (unpaired) electrons. The summed E-state index contributed by atoms with van der Waals surface area (Å²) >= 11 is 6.68. The third-order valence-corrected chi connectivity index (χ3v) is 3.60. The van der Waals surface area contributed by atoms with Gasteiger partial charge < -0.3 is 10.6 Å². The summed E-state index contributed by atoms with van der Waals surface area (Å²) in [6, 6.07) is 8.64. The molecule has 0 saturated carbocycles. The van der Waals surface area contributed by atoms with E-state index in [9.17, 15) is 13.2 Å². The lowest BCUT2D eigenvalue weighted by Gasteiger charge is -2.11. The van der Waals surface area contributed by atoms with Gasteiger partial charge in [-0.15, -0.1) is 11.3 Å². The van der Waals surface area contributed by atoms with Crippen molar-refractivity contribution in [2.24, 2.45) is 0 Å².